The van der Waals surface area contributed by atoms with Gasteiger partial charge < -0.3 is 13.9 Å². The number of hydrogen-bond acceptors (Lipinski definition) is 5. The van der Waals surface area contributed by atoms with E-state index in [0.29, 0.717) is 28.9 Å². The predicted octanol–water partition coefficient (Wildman–Crippen LogP) is 5.98. The van der Waals surface area contributed by atoms with Crippen LogP contribution in [0.4, 0.5) is 0 Å². The number of benzene rings is 2. The normalized spacial score (nSPS) is 17.9. The highest BCUT2D eigenvalue weighted by Gasteiger charge is 2.43. The van der Waals surface area contributed by atoms with Crippen molar-refractivity contribution in [2.75, 3.05) is 7.11 Å². The summed E-state index contributed by atoms with van der Waals surface area (Å²) in [7, 11) is 1.66. The molecule has 32 heavy (non-hydrogen) atoms. The molecule has 1 heterocycles. The maximum atomic E-state index is 13.4. The summed E-state index contributed by atoms with van der Waals surface area (Å²) in [5.74, 6) is 1.65. The molecule has 2 unspecified atom stereocenters. The van der Waals surface area contributed by atoms with Gasteiger partial charge in [-0.3, -0.25) is 4.79 Å². The molecule has 0 spiro atoms. The van der Waals surface area contributed by atoms with Crippen LogP contribution < -0.4 is 10.2 Å². The van der Waals surface area contributed by atoms with E-state index < -0.39 is 11.6 Å². The Balaban J connectivity index is 1.72. The van der Waals surface area contributed by atoms with Crippen LogP contribution in [0, 0.1) is 0 Å². The van der Waals surface area contributed by atoms with Crippen LogP contribution in [-0.4, -0.2) is 18.7 Å². The minimum absolute atomic E-state index is 0.0511. The first-order chi connectivity index (χ1) is 15.2. The SMILES string of the molecule is CCCc1c(C2CC2c2cccc(OC)c2)oc2ccc(C(=O)OC(C)(C)C)cc2c1=O. The maximum absolute atomic E-state index is 13.4. The molecule has 0 aliphatic heterocycles. The van der Waals surface area contributed by atoms with Gasteiger partial charge in [-0.15, -0.1) is 0 Å². The van der Waals surface area contributed by atoms with Crippen molar-refractivity contribution in [3.63, 3.8) is 0 Å². The van der Waals surface area contributed by atoms with Gasteiger partial charge in [0.05, 0.1) is 18.1 Å². The molecule has 0 bridgehead atoms. The maximum Gasteiger partial charge on any atom is 0.338 e. The molecule has 1 aliphatic rings. The third-order valence-corrected chi connectivity index (χ3v) is 5.80. The second-order valence-corrected chi connectivity index (χ2v) is 9.46. The Morgan fingerprint density at radius 2 is 1.91 bits per heavy atom. The molecule has 2 aromatic carbocycles. The summed E-state index contributed by atoms with van der Waals surface area (Å²) in [5, 5.41) is 0.430. The summed E-state index contributed by atoms with van der Waals surface area (Å²) in [6, 6.07) is 13.0. The highest BCUT2D eigenvalue weighted by atomic mass is 16.6. The highest BCUT2D eigenvalue weighted by molar-refractivity contribution is 5.94. The average molecular weight is 435 g/mol. The van der Waals surface area contributed by atoms with Crippen LogP contribution in [0.5, 0.6) is 5.75 Å². The van der Waals surface area contributed by atoms with E-state index in [9.17, 15) is 9.59 Å². The zero-order valence-electron chi connectivity index (χ0n) is 19.4. The largest absolute Gasteiger partial charge is 0.497 e. The molecule has 0 amide bonds. The Morgan fingerprint density at radius 1 is 1.12 bits per heavy atom. The number of carbonyl (C=O) groups excluding carboxylic acids is 1. The van der Waals surface area contributed by atoms with Crippen LogP contribution in [0.2, 0.25) is 0 Å². The molecule has 0 saturated heterocycles. The van der Waals surface area contributed by atoms with E-state index in [-0.39, 0.29) is 11.3 Å². The lowest BCUT2D eigenvalue weighted by atomic mass is 10.00. The molecule has 5 nitrogen and oxygen atoms in total. The zero-order chi connectivity index (χ0) is 23.0. The van der Waals surface area contributed by atoms with E-state index in [4.69, 9.17) is 13.9 Å². The number of methoxy groups -OCH3 is 1. The number of fused-ring (bicyclic) bond motifs is 1. The van der Waals surface area contributed by atoms with Gasteiger partial charge in [0.25, 0.3) is 0 Å². The lowest BCUT2D eigenvalue weighted by Crippen LogP contribution is -2.24. The number of hydrogen-bond donors (Lipinski definition) is 0. The van der Waals surface area contributed by atoms with Crippen LogP contribution in [0.1, 0.15) is 79.6 Å². The summed E-state index contributed by atoms with van der Waals surface area (Å²) in [6.07, 6.45) is 2.42. The number of carbonyl (C=O) groups is 1. The van der Waals surface area contributed by atoms with Crippen molar-refractivity contribution in [1.29, 1.82) is 0 Å². The van der Waals surface area contributed by atoms with E-state index >= 15 is 0 Å². The van der Waals surface area contributed by atoms with E-state index in [1.165, 1.54) is 5.56 Å². The van der Waals surface area contributed by atoms with Gasteiger partial charge in [-0.1, -0.05) is 25.5 Å². The summed E-state index contributed by atoms with van der Waals surface area (Å²) < 4.78 is 17.1. The quantitative estimate of drug-likeness (QED) is 0.447. The first kappa shape index (κ1) is 22.1. The summed E-state index contributed by atoms with van der Waals surface area (Å²) in [4.78, 5) is 25.9. The van der Waals surface area contributed by atoms with Crippen molar-refractivity contribution in [2.45, 2.75) is 64.4 Å². The van der Waals surface area contributed by atoms with Crippen LogP contribution in [0.15, 0.2) is 51.7 Å². The minimum atomic E-state index is -0.602. The predicted molar refractivity (Wildman–Crippen MR) is 125 cm³/mol. The van der Waals surface area contributed by atoms with Crippen molar-refractivity contribution in [3.8, 4) is 5.75 Å². The van der Waals surface area contributed by atoms with Gasteiger partial charge in [0.1, 0.15) is 22.7 Å². The van der Waals surface area contributed by atoms with Crippen molar-refractivity contribution < 1.29 is 18.7 Å². The zero-order valence-corrected chi connectivity index (χ0v) is 19.4. The molecular formula is C27H30O5. The fourth-order valence-corrected chi connectivity index (χ4v) is 4.23. The topological polar surface area (TPSA) is 65.7 Å². The van der Waals surface area contributed by atoms with Crippen LogP contribution in [-0.2, 0) is 11.2 Å². The second kappa shape index (κ2) is 8.45. The Kier molecular flexibility index (Phi) is 5.85. The Morgan fingerprint density at radius 3 is 2.59 bits per heavy atom. The summed E-state index contributed by atoms with van der Waals surface area (Å²) in [5.41, 5.74) is 2.13. The van der Waals surface area contributed by atoms with Gasteiger partial charge in [0, 0.05) is 11.5 Å². The van der Waals surface area contributed by atoms with Crippen LogP contribution >= 0.6 is 0 Å². The van der Waals surface area contributed by atoms with E-state index in [2.05, 4.69) is 19.1 Å². The van der Waals surface area contributed by atoms with Gasteiger partial charge in [-0.2, -0.15) is 0 Å². The van der Waals surface area contributed by atoms with Crippen molar-refractivity contribution >= 4 is 16.9 Å². The van der Waals surface area contributed by atoms with E-state index in [1.54, 1.807) is 25.3 Å². The summed E-state index contributed by atoms with van der Waals surface area (Å²) in [6.45, 7) is 7.51. The van der Waals surface area contributed by atoms with Gasteiger partial charge in [0.2, 0.25) is 0 Å². The third kappa shape index (κ3) is 4.43. The average Bonchev–Trinajstić information content (AvgIpc) is 3.55. The second-order valence-electron chi connectivity index (χ2n) is 9.46. The molecule has 1 fully saturated rings. The van der Waals surface area contributed by atoms with E-state index in [0.717, 1.165) is 29.9 Å². The van der Waals surface area contributed by atoms with Crippen LogP contribution in [0.3, 0.4) is 0 Å². The van der Waals surface area contributed by atoms with Crippen molar-refractivity contribution in [1.82, 2.24) is 0 Å². The Bertz CT molecular complexity index is 1210. The van der Waals surface area contributed by atoms with Gasteiger partial charge >= 0.3 is 5.97 Å². The highest BCUT2D eigenvalue weighted by Crippen LogP contribution is 2.55. The monoisotopic (exact) mass is 434 g/mol. The molecule has 2 atom stereocenters. The fraction of sp³-hybridized carbons (Fsp3) is 0.407. The third-order valence-electron chi connectivity index (χ3n) is 5.80. The fourth-order valence-electron chi connectivity index (χ4n) is 4.23. The smallest absolute Gasteiger partial charge is 0.338 e. The lowest BCUT2D eigenvalue weighted by molar-refractivity contribution is 0.00697. The molecule has 1 aliphatic carbocycles. The number of ether oxygens (including phenoxy) is 2. The number of rotatable bonds is 6. The van der Waals surface area contributed by atoms with Crippen molar-refractivity contribution in [3.05, 3.63) is 75.1 Å². The molecule has 0 radical (unpaired) electrons. The molecule has 168 valence electrons. The van der Waals surface area contributed by atoms with Crippen molar-refractivity contribution in [2.24, 2.45) is 0 Å². The molecule has 3 aromatic rings. The van der Waals surface area contributed by atoms with Gasteiger partial charge in [0.15, 0.2) is 5.43 Å². The molecule has 1 aromatic heterocycles. The lowest BCUT2D eigenvalue weighted by Gasteiger charge is -2.19. The Hall–Kier alpha value is -3.08. The first-order valence-corrected chi connectivity index (χ1v) is 11.2. The standard InChI is InChI=1S/C27H30O5/c1-6-8-19-24(28)22-14-17(26(29)32-27(2,3)4)11-12-23(22)31-25(19)21-15-20(21)16-9-7-10-18(13-16)30-5/h7,9-14,20-21H,6,8,15H2,1-5H3. The molecular weight excluding hydrogens is 404 g/mol. The van der Waals surface area contributed by atoms with Gasteiger partial charge in [-0.25, -0.2) is 4.79 Å². The Labute approximate surface area is 188 Å². The number of esters is 1. The first-order valence-electron chi connectivity index (χ1n) is 11.2. The van der Waals surface area contributed by atoms with E-state index in [1.807, 2.05) is 32.9 Å². The molecule has 1 saturated carbocycles. The molecule has 5 heteroatoms. The molecule has 0 N–H and O–H groups in total. The van der Waals surface area contributed by atoms with Crippen LogP contribution in [0.25, 0.3) is 11.0 Å². The summed E-state index contributed by atoms with van der Waals surface area (Å²) >= 11 is 0. The minimum Gasteiger partial charge on any atom is -0.497 e. The van der Waals surface area contributed by atoms with Gasteiger partial charge in [-0.05, 0) is 75.4 Å². The molecule has 4 rings (SSSR count).